The van der Waals surface area contributed by atoms with E-state index in [1.54, 1.807) is 0 Å². The first kappa shape index (κ1) is 37.2. The van der Waals surface area contributed by atoms with E-state index in [0.29, 0.717) is 42.2 Å². The highest BCUT2D eigenvalue weighted by molar-refractivity contribution is 5.87. The zero-order valence-corrected chi connectivity index (χ0v) is 31.0. The third kappa shape index (κ3) is 8.42. The molecule has 9 heteroatoms. The van der Waals surface area contributed by atoms with Crippen molar-refractivity contribution in [2.24, 2.45) is 35.0 Å². The van der Waals surface area contributed by atoms with Crippen LogP contribution in [0.15, 0.2) is 12.7 Å². The first-order valence-electron chi connectivity index (χ1n) is 20.5. The van der Waals surface area contributed by atoms with E-state index in [9.17, 15) is 10.1 Å². The molecule has 1 amide bonds. The van der Waals surface area contributed by atoms with Gasteiger partial charge >= 0.3 is 0 Å². The van der Waals surface area contributed by atoms with Crippen LogP contribution in [0.3, 0.4) is 0 Å². The molecule has 1 spiro atoms. The Kier molecular flexibility index (Phi) is 13.2. The first-order chi connectivity index (χ1) is 23.9. The molecule has 3 aliphatic heterocycles. The van der Waals surface area contributed by atoms with Crippen LogP contribution < -0.4 is 21.3 Å². The highest BCUT2D eigenvalue weighted by atomic mass is 16.5. The van der Waals surface area contributed by atoms with Crippen molar-refractivity contribution >= 4 is 5.91 Å². The Balaban J connectivity index is 1.33. The zero-order valence-electron chi connectivity index (χ0n) is 31.0. The number of piperazine rings is 1. The highest BCUT2D eigenvalue weighted by Crippen LogP contribution is 2.57. The van der Waals surface area contributed by atoms with E-state index in [2.05, 4.69) is 45.7 Å². The molecular formula is C40H69N7O2. The standard InChI is InChI=1S/C40H69N7O2/c1-4-37(48)47-25-24-46(28-33(47)17-21-41)38-34-16-20-39(19-10-13-31-27-43-23-18-35(31)39)26-36(34)44-40(45-38,32-14-8-6-5-7-9-15-32)49-29-30(2)12-11-22-42-3/h4,30-36,38,42-45H,1,5-20,22-29H2,2-3H3/t30-,31?,33-,34?,35?,36?,38?,39-,40?/m0/s1. The Bertz CT molecular complexity index is 1120. The average Bonchev–Trinajstić information content (AvgIpc) is 3.10. The second-order valence-corrected chi connectivity index (χ2v) is 17.0. The summed E-state index contributed by atoms with van der Waals surface area (Å²) in [6, 6.07) is 2.68. The minimum atomic E-state index is -0.569. The van der Waals surface area contributed by atoms with E-state index in [-0.39, 0.29) is 18.1 Å². The normalized spacial score (nSPS) is 38.4. The fraction of sp³-hybridized carbons (Fsp3) is 0.900. The fourth-order valence-corrected chi connectivity index (χ4v) is 11.5. The number of rotatable bonds is 11. The fourth-order valence-electron chi connectivity index (χ4n) is 11.5. The van der Waals surface area contributed by atoms with Crippen LogP contribution in [-0.4, -0.2) is 92.7 Å². The van der Waals surface area contributed by atoms with Gasteiger partial charge in [-0.15, -0.1) is 0 Å². The number of nitrogens with zero attached hydrogens (tertiary/aromatic N) is 3. The molecule has 0 aromatic heterocycles. The van der Waals surface area contributed by atoms with Gasteiger partial charge in [-0.3, -0.25) is 20.3 Å². The second-order valence-electron chi connectivity index (χ2n) is 17.0. The van der Waals surface area contributed by atoms with Gasteiger partial charge in [0.05, 0.1) is 31.3 Å². The van der Waals surface area contributed by atoms with Crippen molar-refractivity contribution in [1.29, 1.82) is 5.26 Å². The largest absolute Gasteiger partial charge is 0.347 e. The van der Waals surface area contributed by atoms with Crippen molar-refractivity contribution in [3.8, 4) is 6.07 Å². The lowest BCUT2D eigenvalue weighted by Gasteiger charge is -2.62. The molecule has 3 aliphatic carbocycles. The molecule has 276 valence electrons. The maximum atomic E-state index is 12.9. The van der Waals surface area contributed by atoms with Crippen molar-refractivity contribution in [2.45, 2.75) is 140 Å². The molecule has 3 saturated heterocycles. The minimum Gasteiger partial charge on any atom is -0.347 e. The summed E-state index contributed by atoms with van der Waals surface area (Å²) in [5, 5.41) is 25.6. The Hall–Kier alpha value is -1.54. The lowest BCUT2D eigenvalue weighted by atomic mass is 9.52. The smallest absolute Gasteiger partial charge is 0.246 e. The second kappa shape index (κ2) is 17.3. The van der Waals surface area contributed by atoms with Crippen molar-refractivity contribution in [3.63, 3.8) is 0 Å². The molecule has 3 heterocycles. The summed E-state index contributed by atoms with van der Waals surface area (Å²) in [5.41, 5.74) is 0.423. The monoisotopic (exact) mass is 680 g/mol. The van der Waals surface area contributed by atoms with Crippen molar-refractivity contribution in [2.75, 3.05) is 52.9 Å². The number of nitriles is 1. The van der Waals surface area contributed by atoms with E-state index >= 15 is 0 Å². The quantitative estimate of drug-likeness (QED) is 0.171. The highest BCUT2D eigenvalue weighted by Gasteiger charge is 2.58. The van der Waals surface area contributed by atoms with E-state index in [0.717, 1.165) is 44.5 Å². The summed E-state index contributed by atoms with van der Waals surface area (Å²) in [6.45, 7) is 12.5. The molecule has 6 fully saturated rings. The molecule has 0 aromatic carbocycles. The van der Waals surface area contributed by atoms with Gasteiger partial charge in [0.25, 0.3) is 0 Å². The molecule has 0 radical (unpaired) electrons. The van der Waals surface area contributed by atoms with E-state index in [1.807, 2.05) is 11.9 Å². The lowest BCUT2D eigenvalue weighted by Crippen LogP contribution is -2.80. The molecule has 4 N–H and O–H groups in total. The number of ether oxygens (including phenoxy) is 1. The van der Waals surface area contributed by atoms with Gasteiger partial charge in [-0.1, -0.05) is 52.0 Å². The topological polar surface area (TPSA) is 105 Å². The van der Waals surface area contributed by atoms with Gasteiger partial charge in [-0.2, -0.15) is 5.26 Å². The number of carbonyl (C=O) groups is 1. The van der Waals surface area contributed by atoms with Gasteiger partial charge in [0.15, 0.2) is 5.85 Å². The van der Waals surface area contributed by atoms with Gasteiger partial charge in [-0.25, -0.2) is 0 Å². The Labute approximate surface area is 298 Å². The molecule has 3 saturated carbocycles. The van der Waals surface area contributed by atoms with Gasteiger partial charge in [-0.05, 0) is 120 Å². The van der Waals surface area contributed by atoms with Crippen LogP contribution in [0, 0.1) is 46.3 Å². The van der Waals surface area contributed by atoms with E-state index in [4.69, 9.17) is 4.74 Å². The van der Waals surface area contributed by atoms with Crippen LogP contribution in [0.4, 0.5) is 0 Å². The van der Waals surface area contributed by atoms with Crippen LogP contribution in [0.25, 0.3) is 0 Å². The van der Waals surface area contributed by atoms with Crippen molar-refractivity contribution in [3.05, 3.63) is 12.7 Å². The number of nitrogens with one attached hydrogen (secondary N) is 4. The number of hydrogen-bond donors (Lipinski definition) is 4. The summed E-state index contributed by atoms with van der Waals surface area (Å²) in [5.74, 6) is 2.40. The van der Waals surface area contributed by atoms with Gasteiger partial charge in [0.2, 0.25) is 5.91 Å². The first-order valence-corrected chi connectivity index (χ1v) is 20.5. The van der Waals surface area contributed by atoms with Crippen LogP contribution in [0.5, 0.6) is 0 Å². The van der Waals surface area contributed by atoms with Gasteiger partial charge < -0.3 is 20.3 Å². The van der Waals surface area contributed by atoms with Gasteiger partial charge in [0, 0.05) is 37.5 Å². The average molecular weight is 680 g/mol. The van der Waals surface area contributed by atoms with Crippen molar-refractivity contribution < 1.29 is 9.53 Å². The minimum absolute atomic E-state index is 0.0519. The molecule has 6 unspecified atom stereocenters. The zero-order chi connectivity index (χ0) is 34.3. The van der Waals surface area contributed by atoms with Gasteiger partial charge in [0.1, 0.15) is 0 Å². The third-order valence-corrected chi connectivity index (χ3v) is 14.0. The molecule has 9 nitrogen and oxygen atoms in total. The predicted molar refractivity (Wildman–Crippen MR) is 196 cm³/mol. The number of carbonyl (C=O) groups excluding carboxylic acids is 1. The number of piperidine rings is 1. The molecule has 6 aliphatic rings. The predicted octanol–water partition coefficient (Wildman–Crippen LogP) is 5.35. The number of fused-ring (bicyclic) bond motifs is 3. The summed E-state index contributed by atoms with van der Waals surface area (Å²) >= 11 is 0. The number of hydrogen-bond acceptors (Lipinski definition) is 8. The Morgan fingerprint density at radius 1 is 1.08 bits per heavy atom. The van der Waals surface area contributed by atoms with Crippen LogP contribution in [-0.2, 0) is 9.53 Å². The third-order valence-electron chi connectivity index (χ3n) is 14.0. The molecular weight excluding hydrogens is 610 g/mol. The van der Waals surface area contributed by atoms with Crippen LogP contribution in [0.1, 0.15) is 116 Å². The lowest BCUT2D eigenvalue weighted by molar-refractivity contribution is -0.214. The summed E-state index contributed by atoms with van der Waals surface area (Å²) in [7, 11) is 2.04. The molecule has 9 atom stereocenters. The van der Waals surface area contributed by atoms with E-state index in [1.165, 1.54) is 115 Å². The summed E-state index contributed by atoms with van der Waals surface area (Å²) < 4.78 is 7.39. The van der Waals surface area contributed by atoms with Crippen LogP contribution >= 0.6 is 0 Å². The molecule has 0 bridgehead atoms. The molecule has 49 heavy (non-hydrogen) atoms. The maximum absolute atomic E-state index is 12.9. The summed E-state index contributed by atoms with van der Waals surface area (Å²) in [6.07, 6.45) is 22.4. The Morgan fingerprint density at radius 3 is 2.67 bits per heavy atom. The van der Waals surface area contributed by atoms with Crippen LogP contribution in [0.2, 0.25) is 0 Å². The van der Waals surface area contributed by atoms with Crippen molar-refractivity contribution in [1.82, 2.24) is 31.1 Å². The van der Waals surface area contributed by atoms with E-state index < -0.39 is 5.85 Å². The molecule has 0 aromatic rings. The SMILES string of the molecule is C=CC(=O)N1CCN(C2NC(OC[C@@H](C)CCCNC)(C3CCCCCCC3)NC3C[C@]4(CCCC5CNCCC54)CCC32)C[C@@H]1CC#N. The summed E-state index contributed by atoms with van der Waals surface area (Å²) in [4.78, 5) is 17.4. The molecule has 6 rings (SSSR count). The Morgan fingerprint density at radius 2 is 1.90 bits per heavy atom. The number of amides is 1. The maximum Gasteiger partial charge on any atom is 0.246 e.